The van der Waals surface area contributed by atoms with Crippen molar-refractivity contribution in [2.45, 2.75) is 39.4 Å². The van der Waals surface area contributed by atoms with Crippen molar-refractivity contribution in [2.75, 3.05) is 20.3 Å². The SMILES string of the molecule is CCCOc1c(COc2ccc(CC(OCC)C(=O)O)cc2)cnc2ccc(OC)cc12. The minimum Gasteiger partial charge on any atom is -0.497 e. The highest BCUT2D eigenvalue weighted by molar-refractivity contribution is 5.87. The molecule has 0 aliphatic rings. The van der Waals surface area contributed by atoms with Crippen molar-refractivity contribution in [1.82, 2.24) is 4.98 Å². The van der Waals surface area contributed by atoms with E-state index in [0.29, 0.717) is 25.4 Å². The van der Waals surface area contributed by atoms with Gasteiger partial charge in [-0.1, -0.05) is 19.1 Å². The van der Waals surface area contributed by atoms with E-state index in [1.54, 1.807) is 20.2 Å². The lowest BCUT2D eigenvalue weighted by Crippen LogP contribution is -2.26. The second-order valence-electron chi connectivity index (χ2n) is 7.26. The standard InChI is InChI=1S/C25H29NO6/c1-4-12-31-24-18(15-26-22-11-10-20(29-3)14-21(22)24)16-32-19-8-6-17(7-9-19)13-23(25(27)28)30-5-2/h6-11,14-15,23H,4-5,12-13,16H2,1-3H3,(H,27,28). The Kier molecular flexibility index (Phi) is 8.27. The van der Waals surface area contributed by atoms with Crippen molar-refractivity contribution in [3.63, 3.8) is 0 Å². The zero-order valence-corrected chi connectivity index (χ0v) is 18.7. The topological polar surface area (TPSA) is 87.1 Å². The molecule has 0 amide bonds. The Morgan fingerprint density at radius 1 is 1.06 bits per heavy atom. The van der Waals surface area contributed by atoms with Crippen molar-refractivity contribution in [3.8, 4) is 17.2 Å². The maximum atomic E-state index is 11.3. The summed E-state index contributed by atoms with van der Waals surface area (Å²) in [7, 11) is 1.63. The van der Waals surface area contributed by atoms with Gasteiger partial charge in [-0.05, 0) is 49.2 Å². The van der Waals surface area contributed by atoms with E-state index in [1.807, 2.05) is 42.5 Å². The van der Waals surface area contributed by atoms with Gasteiger partial charge in [0.1, 0.15) is 23.9 Å². The lowest BCUT2D eigenvalue weighted by molar-refractivity contribution is -0.149. The molecule has 1 atom stereocenters. The van der Waals surface area contributed by atoms with Gasteiger partial charge in [0.25, 0.3) is 0 Å². The Hall–Kier alpha value is -3.32. The summed E-state index contributed by atoms with van der Waals surface area (Å²) in [5, 5.41) is 10.1. The molecule has 1 heterocycles. The molecule has 1 unspecified atom stereocenters. The summed E-state index contributed by atoms with van der Waals surface area (Å²) in [5.74, 6) is 1.19. The number of methoxy groups -OCH3 is 1. The van der Waals surface area contributed by atoms with E-state index in [1.165, 1.54) is 0 Å². The molecule has 0 bridgehead atoms. The summed E-state index contributed by atoms with van der Waals surface area (Å²) in [5.41, 5.74) is 2.53. The van der Waals surface area contributed by atoms with E-state index in [0.717, 1.165) is 39.9 Å². The number of carboxylic acids is 1. The molecule has 0 aliphatic heterocycles. The van der Waals surface area contributed by atoms with E-state index in [9.17, 15) is 9.90 Å². The number of ether oxygens (including phenoxy) is 4. The third-order valence-electron chi connectivity index (χ3n) is 4.93. The zero-order chi connectivity index (χ0) is 22.9. The minimum absolute atomic E-state index is 0.287. The minimum atomic E-state index is -0.966. The highest BCUT2D eigenvalue weighted by Crippen LogP contribution is 2.32. The van der Waals surface area contributed by atoms with Crippen molar-refractivity contribution in [2.24, 2.45) is 0 Å². The summed E-state index contributed by atoms with van der Waals surface area (Å²) in [6.07, 6.45) is 2.10. The Balaban J connectivity index is 1.75. The van der Waals surface area contributed by atoms with E-state index >= 15 is 0 Å². The first-order chi connectivity index (χ1) is 15.5. The number of benzene rings is 2. The molecule has 0 spiro atoms. The predicted molar refractivity (Wildman–Crippen MR) is 122 cm³/mol. The van der Waals surface area contributed by atoms with Crippen molar-refractivity contribution >= 4 is 16.9 Å². The molecule has 0 saturated carbocycles. The third kappa shape index (κ3) is 5.88. The number of rotatable bonds is 12. The third-order valence-corrected chi connectivity index (χ3v) is 4.93. The lowest BCUT2D eigenvalue weighted by Gasteiger charge is -2.15. The highest BCUT2D eigenvalue weighted by atomic mass is 16.5. The van der Waals surface area contributed by atoms with Crippen LogP contribution in [0.15, 0.2) is 48.7 Å². The average molecular weight is 440 g/mol. The van der Waals surface area contributed by atoms with Crippen LogP contribution >= 0.6 is 0 Å². The Morgan fingerprint density at radius 2 is 1.81 bits per heavy atom. The van der Waals surface area contributed by atoms with Crippen LogP contribution in [0.2, 0.25) is 0 Å². The number of hydrogen-bond acceptors (Lipinski definition) is 6. The number of fused-ring (bicyclic) bond motifs is 1. The van der Waals surface area contributed by atoms with Crippen LogP contribution in [-0.2, 0) is 22.6 Å². The molecule has 7 heteroatoms. The maximum absolute atomic E-state index is 11.3. The average Bonchev–Trinajstić information content (AvgIpc) is 2.81. The maximum Gasteiger partial charge on any atom is 0.333 e. The summed E-state index contributed by atoms with van der Waals surface area (Å²) in [6, 6.07) is 13.0. The van der Waals surface area contributed by atoms with Gasteiger partial charge < -0.3 is 24.1 Å². The fraction of sp³-hybridized carbons (Fsp3) is 0.360. The molecular weight excluding hydrogens is 410 g/mol. The van der Waals surface area contributed by atoms with Crippen molar-refractivity contribution in [1.29, 1.82) is 0 Å². The zero-order valence-electron chi connectivity index (χ0n) is 18.7. The van der Waals surface area contributed by atoms with Crippen LogP contribution in [0, 0.1) is 0 Å². The molecule has 3 aromatic rings. The summed E-state index contributed by atoms with van der Waals surface area (Å²) < 4.78 is 22.7. The van der Waals surface area contributed by atoms with Crippen LogP contribution in [0.3, 0.4) is 0 Å². The van der Waals surface area contributed by atoms with E-state index in [2.05, 4.69) is 11.9 Å². The number of pyridine rings is 1. The van der Waals surface area contributed by atoms with Crippen molar-refractivity contribution < 1.29 is 28.8 Å². The van der Waals surface area contributed by atoms with E-state index in [4.69, 9.17) is 18.9 Å². The van der Waals surface area contributed by atoms with Crippen molar-refractivity contribution in [3.05, 3.63) is 59.8 Å². The van der Waals surface area contributed by atoms with Gasteiger partial charge in [0.2, 0.25) is 0 Å². The van der Waals surface area contributed by atoms with Gasteiger partial charge in [-0.25, -0.2) is 4.79 Å². The molecule has 0 fully saturated rings. The molecule has 32 heavy (non-hydrogen) atoms. The van der Waals surface area contributed by atoms with Crippen LogP contribution < -0.4 is 14.2 Å². The molecule has 170 valence electrons. The molecule has 0 saturated heterocycles. The van der Waals surface area contributed by atoms with Crippen LogP contribution in [-0.4, -0.2) is 42.5 Å². The van der Waals surface area contributed by atoms with Crippen LogP contribution in [0.5, 0.6) is 17.2 Å². The van der Waals surface area contributed by atoms with Gasteiger partial charge in [-0.2, -0.15) is 0 Å². The largest absolute Gasteiger partial charge is 0.497 e. The molecule has 3 rings (SSSR count). The molecule has 7 nitrogen and oxygen atoms in total. The number of hydrogen-bond donors (Lipinski definition) is 1. The lowest BCUT2D eigenvalue weighted by atomic mass is 10.1. The molecule has 1 aromatic heterocycles. The number of carboxylic acid groups (broad SMARTS) is 1. The number of nitrogens with zero attached hydrogens (tertiary/aromatic N) is 1. The summed E-state index contributed by atoms with van der Waals surface area (Å²) >= 11 is 0. The smallest absolute Gasteiger partial charge is 0.333 e. The second kappa shape index (κ2) is 11.3. The quantitative estimate of drug-likeness (QED) is 0.440. The van der Waals surface area contributed by atoms with Gasteiger partial charge in [-0.15, -0.1) is 0 Å². The van der Waals surface area contributed by atoms with Crippen LogP contribution in [0.1, 0.15) is 31.4 Å². The molecule has 2 aromatic carbocycles. The van der Waals surface area contributed by atoms with Gasteiger partial charge in [0.15, 0.2) is 6.10 Å². The predicted octanol–water partition coefficient (Wildman–Crippen LogP) is 4.64. The van der Waals surface area contributed by atoms with Gasteiger partial charge in [0.05, 0.1) is 24.8 Å². The first-order valence-electron chi connectivity index (χ1n) is 10.7. The Morgan fingerprint density at radius 3 is 2.47 bits per heavy atom. The molecular formula is C25H29NO6. The Labute approximate surface area is 187 Å². The van der Waals surface area contributed by atoms with Gasteiger partial charge >= 0.3 is 5.97 Å². The van der Waals surface area contributed by atoms with Crippen LogP contribution in [0.25, 0.3) is 10.9 Å². The van der Waals surface area contributed by atoms with Crippen LogP contribution in [0.4, 0.5) is 0 Å². The first kappa shape index (κ1) is 23.3. The van der Waals surface area contributed by atoms with E-state index < -0.39 is 12.1 Å². The van der Waals surface area contributed by atoms with Gasteiger partial charge in [-0.3, -0.25) is 4.98 Å². The molecule has 1 N–H and O–H groups in total. The highest BCUT2D eigenvalue weighted by Gasteiger charge is 2.18. The Bertz CT molecular complexity index is 1030. The number of carbonyl (C=O) groups is 1. The normalized spacial score (nSPS) is 11.8. The first-order valence-corrected chi connectivity index (χ1v) is 10.7. The molecule has 0 radical (unpaired) electrons. The number of aromatic nitrogens is 1. The monoisotopic (exact) mass is 439 g/mol. The summed E-state index contributed by atoms with van der Waals surface area (Å²) in [6.45, 7) is 5.06. The fourth-order valence-electron chi connectivity index (χ4n) is 3.31. The number of aliphatic carboxylic acids is 1. The second-order valence-corrected chi connectivity index (χ2v) is 7.26. The fourth-order valence-corrected chi connectivity index (χ4v) is 3.31. The van der Waals surface area contributed by atoms with Gasteiger partial charge in [0, 0.05) is 24.6 Å². The molecule has 0 aliphatic carbocycles. The summed E-state index contributed by atoms with van der Waals surface area (Å²) in [4.78, 5) is 15.8. The van der Waals surface area contributed by atoms with E-state index in [-0.39, 0.29) is 6.61 Å².